The molecule has 2 atom stereocenters. The van der Waals surface area contributed by atoms with Crippen LogP contribution in [-0.2, 0) is 4.75 Å². The molecule has 16 heavy (non-hydrogen) atoms. The highest BCUT2D eigenvalue weighted by atomic mass is 32.2. The summed E-state index contributed by atoms with van der Waals surface area (Å²) in [6.45, 7) is 6.78. The van der Waals surface area contributed by atoms with E-state index in [0.29, 0.717) is 5.92 Å². The van der Waals surface area contributed by atoms with Crippen LogP contribution in [0.5, 0.6) is 0 Å². The first-order valence-electron chi connectivity index (χ1n) is 5.76. The van der Waals surface area contributed by atoms with E-state index < -0.39 is 0 Å². The molecule has 0 amide bonds. The summed E-state index contributed by atoms with van der Waals surface area (Å²) >= 11 is 3.83. The van der Waals surface area contributed by atoms with E-state index in [4.69, 9.17) is 0 Å². The molecule has 0 spiro atoms. The monoisotopic (exact) mass is 250 g/mol. The van der Waals surface area contributed by atoms with Gasteiger partial charge in [-0.1, -0.05) is 30.7 Å². The molecular weight excluding hydrogens is 232 g/mol. The van der Waals surface area contributed by atoms with Crippen molar-refractivity contribution in [1.29, 1.82) is 0 Å². The van der Waals surface area contributed by atoms with Crippen LogP contribution < -0.4 is 0 Å². The second-order valence-corrected chi connectivity index (χ2v) is 6.53. The number of allylic oxidation sites excluding steroid dienone is 3. The highest BCUT2D eigenvalue weighted by Crippen LogP contribution is 2.53. The summed E-state index contributed by atoms with van der Waals surface area (Å²) < 4.78 is 0.214. The lowest BCUT2D eigenvalue weighted by Gasteiger charge is -2.31. The Morgan fingerprint density at radius 1 is 1.56 bits per heavy atom. The molecule has 2 rings (SSSR count). The van der Waals surface area contributed by atoms with E-state index >= 15 is 0 Å². The molecule has 0 saturated carbocycles. The van der Waals surface area contributed by atoms with Crippen molar-refractivity contribution < 1.29 is 0 Å². The molecule has 1 aliphatic heterocycles. The van der Waals surface area contributed by atoms with Gasteiger partial charge in [-0.15, -0.1) is 23.1 Å². The Balaban J connectivity index is 2.35. The molecule has 1 aromatic rings. The molecule has 0 aliphatic carbocycles. The molecule has 1 aliphatic rings. The summed E-state index contributed by atoms with van der Waals surface area (Å²) in [5.41, 5.74) is 1.55. The molecular formula is C14H18S2. The predicted molar refractivity (Wildman–Crippen MR) is 75.9 cm³/mol. The SMILES string of the molecule is C/C=C(\CC)C1C=CSC1(C)c1cccs1. The van der Waals surface area contributed by atoms with Gasteiger partial charge in [0.25, 0.3) is 0 Å². The summed E-state index contributed by atoms with van der Waals surface area (Å²) in [4.78, 5) is 1.49. The fourth-order valence-corrected chi connectivity index (χ4v) is 4.56. The van der Waals surface area contributed by atoms with Crippen molar-refractivity contribution in [2.45, 2.75) is 31.9 Å². The van der Waals surface area contributed by atoms with E-state index in [1.165, 1.54) is 4.88 Å². The normalized spacial score (nSPS) is 29.9. The van der Waals surface area contributed by atoms with Gasteiger partial charge in [0, 0.05) is 10.8 Å². The first-order valence-corrected chi connectivity index (χ1v) is 7.52. The molecule has 1 aromatic heterocycles. The third kappa shape index (κ3) is 1.89. The van der Waals surface area contributed by atoms with Gasteiger partial charge in [-0.25, -0.2) is 0 Å². The van der Waals surface area contributed by atoms with Gasteiger partial charge in [-0.05, 0) is 37.1 Å². The summed E-state index contributed by atoms with van der Waals surface area (Å²) in [5.74, 6) is 0.561. The van der Waals surface area contributed by atoms with E-state index in [2.05, 4.69) is 55.8 Å². The second-order valence-electron chi connectivity index (χ2n) is 4.23. The van der Waals surface area contributed by atoms with Gasteiger partial charge in [0.2, 0.25) is 0 Å². The average molecular weight is 250 g/mol. The number of hydrogen-bond acceptors (Lipinski definition) is 2. The van der Waals surface area contributed by atoms with E-state index in [0.717, 1.165) is 6.42 Å². The zero-order chi connectivity index (χ0) is 11.6. The van der Waals surface area contributed by atoms with Gasteiger partial charge in [0.15, 0.2) is 0 Å². The topological polar surface area (TPSA) is 0 Å². The predicted octanol–water partition coefficient (Wildman–Crippen LogP) is 5.20. The van der Waals surface area contributed by atoms with Gasteiger partial charge >= 0.3 is 0 Å². The van der Waals surface area contributed by atoms with Crippen LogP contribution in [0.4, 0.5) is 0 Å². The zero-order valence-electron chi connectivity index (χ0n) is 10.1. The van der Waals surface area contributed by atoms with Gasteiger partial charge in [-0.3, -0.25) is 0 Å². The van der Waals surface area contributed by atoms with Gasteiger partial charge in [-0.2, -0.15) is 0 Å². The minimum Gasteiger partial charge on any atom is -0.147 e. The van der Waals surface area contributed by atoms with Crippen LogP contribution in [0, 0.1) is 5.92 Å². The molecule has 2 unspecified atom stereocenters. The molecule has 0 nitrogen and oxygen atoms in total. The van der Waals surface area contributed by atoms with E-state index in [1.807, 2.05) is 23.1 Å². The highest BCUT2D eigenvalue weighted by molar-refractivity contribution is 8.03. The van der Waals surface area contributed by atoms with Crippen molar-refractivity contribution in [3.8, 4) is 0 Å². The van der Waals surface area contributed by atoms with Crippen molar-refractivity contribution >= 4 is 23.1 Å². The molecule has 0 aromatic carbocycles. The van der Waals surface area contributed by atoms with Crippen LogP contribution in [0.3, 0.4) is 0 Å². The van der Waals surface area contributed by atoms with Gasteiger partial charge in [0.05, 0.1) is 4.75 Å². The molecule has 2 heterocycles. The smallest absolute Gasteiger partial charge is 0.0614 e. The van der Waals surface area contributed by atoms with Crippen LogP contribution in [-0.4, -0.2) is 0 Å². The van der Waals surface area contributed by atoms with E-state index in [1.54, 1.807) is 5.57 Å². The number of rotatable bonds is 3. The third-order valence-electron chi connectivity index (χ3n) is 3.37. The van der Waals surface area contributed by atoms with E-state index in [-0.39, 0.29) is 4.75 Å². The Labute approximate surface area is 106 Å². The standard InChI is InChI=1S/C14H18S2/c1-4-11(5-2)12-8-10-16-14(12,3)13-7-6-9-15-13/h4,6-10,12H,5H2,1-3H3/b11-4+. The van der Waals surface area contributed by atoms with Crippen molar-refractivity contribution in [3.05, 3.63) is 45.5 Å². The number of thioether (sulfide) groups is 1. The quantitative estimate of drug-likeness (QED) is 0.665. The second kappa shape index (κ2) is 4.80. The number of thiophene rings is 1. The lowest BCUT2D eigenvalue weighted by atomic mass is 9.84. The van der Waals surface area contributed by atoms with Crippen molar-refractivity contribution in [2.75, 3.05) is 0 Å². The highest BCUT2D eigenvalue weighted by Gasteiger charge is 2.39. The minimum atomic E-state index is 0.214. The summed E-state index contributed by atoms with van der Waals surface area (Å²) in [6.07, 6.45) is 5.79. The maximum atomic E-state index is 2.37. The lowest BCUT2D eigenvalue weighted by Crippen LogP contribution is -2.24. The largest absolute Gasteiger partial charge is 0.147 e. The Hall–Kier alpha value is -0.470. The molecule has 86 valence electrons. The Morgan fingerprint density at radius 3 is 2.94 bits per heavy atom. The van der Waals surface area contributed by atoms with Crippen LogP contribution in [0.2, 0.25) is 0 Å². The Morgan fingerprint density at radius 2 is 2.38 bits per heavy atom. The first-order chi connectivity index (χ1) is 7.72. The Kier molecular flexibility index (Phi) is 3.60. The van der Waals surface area contributed by atoms with Crippen LogP contribution >= 0.6 is 23.1 Å². The first kappa shape index (κ1) is 12.0. The molecule has 2 heteroatoms. The zero-order valence-corrected chi connectivity index (χ0v) is 11.7. The molecule has 0 N–H and O–H groups in total. The number of hydrogen-bond donors (Lipinski definition) is 0. The lowest BCUT2D eigenvalue weighted by molar-refractivity contribution is 0.566. The molecule has 0 radical (unpaired) electrons. The Bertz CT molecular complexity index is 400. The average Bonchev–Trinajstić information content (AvgIpc) is 2.91. The van der Waals surface area contributed by atoms with Gasteiger partial charge in [0.1, 0.15) is 0 Å². The fraction of sp³-hybridized carbons (Fsp3) is 0.429. The minimum absolute atomic E-state index is 0.214. The maximum Gasteiger partial charge on any atom is 0.0614 e. The van der Waals surface area contributed by atoms with Crippen LogP contribution in [0.1, 0.15) is 32.1 Å². The fourth-order valence-electron chi connectivity index (χ4n) is 2.37. The van der Waals surface area contributed by atoms with Crippen molar-refractivity contribution in [3.63, 3.8) is 0 Å². The summed E-state index contributed by atoms with van der Waals surface area (Å²) in [6, 6.07) is 4.42. The summed E-state index contributed by atoms with van der Waals surface area (Å²) in [7, 11) is 0. The van der Waals surface area contributed by atoms with Crippen LogP contribution in [0.15, 0.2) is 40.6 Å². The third-order valence-corrected chi connectivity index (χ3v) is 5.86. The van der Waals surface area contributed by atoms with Gasteiger partial charge < -0.3 is 0 Å². The van der Waals surface area contributed by atoms with Crippen molar-refractivity contribution in [2.24, 2.45) is 5.92 Å². The van der Waals surface area contributed by atoms with Crippen molar-refractivity contribution in [1.82, 2.24) is 0 Å². The van der Waals surface area contributed by atoms with E-state index in [9.17, 15) is 0 Å². The summed E-state index contributed by atoms with van der Waals surface area (Å²) in [5, 5.41) is 4.45. The molecule has 0 bridgehead atoms. The molecule has 0 fully saturated rings. The maximum absolute atomic E-state index is 2.37. The van der Waals surface area contributed by atoms with Crippen LogP contribution in [0.25, 0.3) is 0 Å². The molecule has 0 saturated heterocycles.